The lowest BCUT2D eigenvalue weighted by Gasteiger charge is -2.36. The standard InChI is InChI=1S/C60H82N8O6/c1-37(61-3)55(69)65-53(41-17-7-5-8-18-41)59(73)67-35-15-29-51(67)57(71)63-49-27-13-23-45-43(21-11-25-47(45)49)39-31-33-40(34-32-39)44-22-12-26-48-46(44)24-14-28-50(48)64-58(72)52-30-16-36-68(52)60(74)54(42-19-9-6-10-20-42)66-56(70)38(2)62-4/h11-12,21-22,25-26,31-34,37-38,41-42,49-54,61-62H,5-10,13-20,23-24,27-30,35-36H2,1-4H3,(H,63,71)(H,64,72)(H,65,69)(H,66,70)/t37-,38-,49+,50+,51-,52-,53-,54-/m0/s1. The summed E-state index contributed by atoms with van der Waals surface area (Å²) in [6.07, 6.45) is 18.0. The van der Waals surface area contributed by atoms with Gasteiger partial charge < -0.3 is 41.7 Å². The van der Waals surface area contributed by atoms with E-state index in [0.29, 0.717) is 25.9 Å². The van der Waals surface area contributed by atoms with Gasteiger partial charge >= 0.3 is 0 Å². The first-order valence-electron chi connectivity index (χ1n) is 28.5. The summed E-state index contributed by atoms with van der Waals surface area (Å²) < 4.78 is 0. The van der Waals surface area contributed by atoms with E-state index in [1.54, 1.807) is 37.7 Å². The largest absolute Gasteiger partial charge is 0.347 e. The summed E-state index contributed by atoms with van der Waals surface area (Å²) in [4.78, 5) is 87.1. The van der Waals surface area contributed by atoms with Gasteiger partial charge in [0, 0.05) is 13.1 Å². The molecule has 6 aliphatic rings. The summed E-state index contributed by atoms with van der Waals surface area (Å²) in [5.41, 5.74) is 9.27. The molecule has 4 fully saturated rings. The van der Waals surface area contributed by atoms with Gasteiger partial charge in [0.05, 0.1) is 24.2 Å². The third-order valence-corrected chi connectivity index (χ3v) is 17.9. The van der Waals surface area contributed by atoms with Crippen molar-refractivity contribution in [3.8, 4) is 22.3 Å². The number of hydrogen-bond donors (Lipinski definition) is 6. The van der Waals surface area contributed by atoms with E-state index >= 15 is 0 Å². The van der Waals surface area contributed by atoms with E-state index < -0.39 is 36.3 Å². The maximum atomic E-state index is 14.4. The van der Waals surface area contributed by atoms with Gasteiger partial charge in [-0.25, -0.2) is 0 Å². The zero-order valence-electron chi connectivity index (χ0n) is 44.4. The van der Waals surface area contributed by atoms with Crippen LogP contribution in [0.1, 0.15) is 164 Å². The number of rotatable bonds is 16. The van der Waals surface area contributed by atoms with Gasteiger partial charge in [0.1, 0.15) is 24.2 Å². The van der Waals surface area contributed by atoms with E-state index in [1.807, 2.05) is 0 Å². The molecule has 0 unspecified atom stereocenters. The molecule has 0 aromatic heterocycles. The summed E-state index contributed by atoms with van der Waals surface area (Å²) in [6.45, 7) is 4.61. The Kier molecular flexibility index (Phi) is 17.5. The smallest absolute Gasteiger partial charge is 0.246 e. The molecular weight excluding hydrogens is 929 g/mol. The summed E-state index contributed by atoms with van der Waals surface area (Å²) >= 11 is 0. The molecule has 3 aromatic rings. The van der Waals surface area contributed by atoms with Crippen molar-refractivity contribution >= 4 is 35.4 Å². The van der Waals surface area contributed by atoms with Crippen LogP contribution in [0.5, 0.6) is 0 Å². The van der Waals surface area contributed by atoms with Gasteiger partial charge in [-0.3, -0.25) is 28.8 Å². The van der Waals surface area contributed by atoms with Crippen molar-refractivity contribution in [2.75, 3.05) is 27.2 Å². The number of likely N-dealkylation sites (N-methyl/N-ethyl adjacent to an activating group) is 2. The van der Waals surface area contributed by atoms with E-state index in [9.17, 15) is 28.8 Å². The van der Waals surface area contributed by atoms with Crippen molar-refractivity contribution in [1.82, 2.24) is 41.7 Å². The fraction of sp³-hybridized carbons (Fsp3) is 0.600. The van der Waals surface area contributed by atoms with Gasteiger partial charge in [0.2, 0.25) is 35.4 Å². The van der Waals surface area contributed by atoms with Gasteiger partial charge in [-0.05, 0) is 174 Å². The maximum absolute atomic E-state index is 14.4. The summed E-state index contributed by atoms with van der Waals surface area (Å²) in [7, 11) is 3.48. The minimum atomic E-state index is -0.637. The molecule has 14 heteroatoms. The fourth-order valence-corrected chi connectivity index (χ4v) is 13.4. The number of hydrogen-bond acceptors (Lipinski definition) is 8. The molecular formula is C60H82N8O6. The second kappa shape index (κ2) is 24.4. The highest BCUT2D eigenvalue weighted by molar-refractivity contribution is 5.95. The van der Waals surface area contributed by atoms with Gasteiger partial charge in [0.25, 0.3) is 0 Å². The fourth-order valence-electron chi connectivity index (χ4n) is 13.4. The van der Waals surface area contributed by atoms with Crippen molar-refractivity contribution in [1.29, 1.82) is 0 Å². The topological polar surface area (TPSA) is 181 Å². The molecule has 3 aromatic carbocycles. The van der Waals surface area contributed by atoms with Crippen molar-refractivity contribution in [2.45, 2.75) is 191 Å². The molecule has 2 aliphatic heterocycles. The lowest BCUT2D eigenvalue weighted by molar-refractivity contribution is -0.143. The first kappa shape index (κ1) is 53.2. The number of carbonyl (C=O) groups is 6. The molecule has 2 saturated heterocycles. The Balaban J connectivity index is 0.871. The molecule has 2 saturated carbocycles. The van der Waals surface area contributed by atoms with Crippen molar-refractivity contribution in [2.24, 2.45) is 11.8 Å². The predicted octanol–water partition coefficient (Wildman–Crippen LogP) is 7.34. The van der Waals surface area contributed by atoms with Crippen LogP contribution in [0.25, 0.3) is 22.3 Å². The third-order valence-electron chi connectivity index (χ3n) is 17.9. The normalized spacial score (nSPS) is 23.9. The Bertz CT molecular complexity index is 2330. The van der Waals surface area contributed by atoms with Crippen LogP contribution in [0.3, 0.4) is 0 Å². The highest BCUT2D eigenvalue weighted by Gasteiger charge is 2.44. The van der Waals surface area contributed by atoms with E-state index in [1.165, 1.54) is 11.1 Å². The number of nitrogens with zero attached hydrogens (tertiary/aromatic N) is 2. The van der Waals surface area contributed by atoms with Crippen molar-refractivity contribution in [3.63, 3.8) is 0 Å². The molecule has 74 heavy (non-hydrogen) atoms. The second-order valence-electron chi connectivity index (χ2n) is 22.4. The number of nitrogens with one attached hydrogen (secondary N) is 6. The molecule has 4 aliphatic carbocycles. The van der Waals surface area contributed by atoms with Crippen LogP contribution < -0.4 is 31.9 Å². The number of amides is 6. The van der Waals surface area contributed by atoms with Gasteiger partial charge in [-0.2, -0.15) is 0 Å². The lowest BCUT2D eigenvalue weighted by atomic mass is 9.81. The Morgan fingerprint density at radius 3 is 1.24 bits per heavy atom. The van der Waals surface area contributed by atoms with Gasteiger partial charge in [-0.15, -0.1) is 0 Å². The number of benzene rings is 3. The number of likely N-dealkylation sites (tertiary alicyclic amines) is 2. The molecule has 398 valence electrons. The zero-order valence-corrected chi connectivity index (χ0v) is 44.4. The third kappa shape index (κ3) is 11.6. The summed E-state index contributed by atoms with van der Waals surface area (Å²) in [6, 6.07) is 18.0. The summed E-state index contributed by atoms with van der Waals surface area (Å²) in [5.74, 6) is -0.769. The molecule has 6 N–H and O–H groups in total. The van der Waals surface area contributed by atoms with Crippen LogP contribution in [-0.2, 0) is 41.6 Å². The van der Waals surface area contributed by atoms with Crippen LogP contribution in [0, 0.1) is 11.8 Å². The zero-order chi connectivity index (χ0) is 51.9. The first-order valence-corrected chi connectivity index (χ1v) is 28.5. The molecule has 14 nitrogen and oxygen atoms in total. The highest BCUT2D eigenvalue weighted by Crippen LogP contribution is 2.41. The van der Waals surface area contributed by atoms with Gasteiger partial charge in [-0.1, -0.05) is 99.2 Å². The average molecular weight is 1010 g/mol. The number of carbonyl (C=O) groups excluding carboxylic acids is 6. The van der Waals surface area contributed by atoms with Crippen molar-refractivity contribution < 1.29 is 28.8 Å². The Hall–Kier alpha value is -5.60. The Morgan fingerprint density at radius 2 is 0.865 bits per heavy atom. The molecule has 8 atom stereocenters. The van der Waals surface area contributed by atoms with Crippen LogP contribution in [0.2, 0.25) is 0 Å². The second-order valence-corrected chi connectivity index (χ2v) is 22.4. The van der Waals surface area contributed by atoms with E-state index in [2.05, 4.69) is 92.6 Å². The van der Waals surface area contributed by atoms with E-state index in [-0.39, 0.29) is 59.4 Å². The van der Waals surface area contributed by atoms with Crippen LogP contribution in [0.15, 0.2) is 60.7 Å². The first-order chi connectivity index (χ1) is 35.9. The number of fused-ring (bicyclic) bond motifs is 2. The van der Waals surface area contributed by atoms with Crippen LogP contribution in [-0.4, -0.2) is 109 Å². The molecule has 0 spiro atoms. The average Bonchev–Trinajstić information content (AvgIpc) is 4.15. The van der Waals surface area contributed by atoms with Crippen LogP contribution >= 0.6 is 0 Å². The van der Waals surface area contributed by atoms with Crippen LogP contribution in [0.4, 0.5) is 0 Å². The highest BCUT2D eigenvalue weighted by atomic mass is 16.2. The Labute approximate surface area is 439 Å². The maximum Gasteiger partial charge on any atom is 0.246 e. The molecule has 6 amide bonds. The van der Waals surface area contributed by atoms with Gasteiger partial charge in [0.15, 0.2) is 0 Å². The van der Waals surface area contributed by atoms with Crippen molar-refractivity contribution in [3.05, 3.63) is 82.9 Å². The molecule has 2 heterocycles. The molecule has 0 bridgehead atoms. The predicted molar refractivity (Wildman–Crippen MR) is 288 cm³/mol. The minimum absolute atomic E-state index is 0.0611. The van der Waals surface area contributed by atoms with E-state index in [0.717, 1.165) is 149 Å². The minimum Gasteiger partial charge on any atom is -0.347 e. The monoisotopic (exact) mass is 1010 g/mol. The van der Waals surface area contributed by atoms with E-state index in [4.69, 9.17) is 0 Å². The quantitative estimate of drug-likeness (QED) is 0.0863. The summed E-state index contributed by atoms with van der Waals surface area (Å²) in [5, 5.41) is 19.0. The SMILES string of the molecule is CN[C@@H](C)C(=O)N[C@H](C(=O)N1CCC[C@H]1C(=O)N[C@@H]1CCCc2c(-c3ccc(-c4cccc5c4CCC[C@H]5NC(=O)[C@@H]4CCCN4C(=O)[C@@H](NC(=O)[C@H](C)NC)C4CCCCC4)cc3)cccc21)C1CCCCC1. The molecule has 0 radical (unpaired) electrons. The molecule has 9 rings (SSSR count). The Morgan fingerprint density at radius 1 is 0.473 bits per heavy atom. The lowest BCUT2D eigenvalue weighted by Crippen LogP contribution is -2.58.